The lowest BCUT2D eigenvalue weighted by Crippen LogP contribution is -2.53. The Hall–Kier alpha value is -3.85. The average molecular weight is 578 g/mol. The summed E-state index contributed by atoms with van der Waals surface area (Å²) in [6.07, 6.45) is 5.14. The summed E-state index contributed by atoms with van der Waals surface area (Å²) >= 11 is 0. The molecule has 0 saturated heterocycles. The van der Waals surface area contributed by atoms with Crippen LogP contribution < -0.4 is 14.4 Å². The van der Waals surface area contributed by atoms with Crippen LogP contribution in [0.1, 0.15) is 50.2 Å². The van der Waals surface area contributed by atoms with Crippen LogP contribution in [0, 0.1) is 6.92 Å². The molecule has 0 spiro atoms. The van der Waals surface area contributed by atoms with E-state index < -0.39 is 28.5 Å². The Labute approximate surface area is 243 Å². The minimum absolute atomic E-state index is 0.0594. The average Bonchev–Trinajstić information content (AvgIpc) is 2.99. The fraction of sp³-hybridized carbons (Fsp3) is 0.375. The van der Waals surface area contributed by atoms with Crippen molar-refractivity contribution in [2.24, 2.45) is 0 Å². The Morgan fingerprint density at radius 1 is 0.951 bits per heavy atom. The molecule has 1 saturated carbocycles. The largest absolute Gasteiger partial charge is 0.497 e. The summed E-state index contributed by atoms with van der Waals surface area (Å²) in [6.45, 7) is 3.34. The van der Waals surface area contributed by atoms with Gasteiger partial charge in [0, 0.05) is 18.7 Å². The van der Waals surface area contributed by atoms with Gasteiger partial charge in [-0.25, -0.2) is 8.42 Å². The second-order valence-electron chi connectivity index (χ2n) is 10.5. The highest BCUT2D eigenvalue weighted by Crippen LogP contribution is 2.28. The molecule has 1 aliphatic carbocycles. The first-order valence-electron chi connectivity index (χ1n) is 14.1. The Morgan fingerprint density at radius 3 is 2.32 bits per heavy atom. The van der Waals surface area contributed by atoms with Crippen molar-refractivity contribution in [3.05, 3.63) is 90.0 Å². The molecule has 1 atom stereocenters. The van der Waals surface area contributed by atoms with E-state index in [0.29, 0.717) is 5.75 Å². The second kappa shape index (κ2) is 13.7. The molecule has 2 amide bonds. The predicted octanol–water partition coefficient (Wildman–Crippen LogP) is 5.07. The Balaban J connectivity index is 1.69. The zero-order valence-electron chi connectivity index (χ0n) is 24.0. The second-order valence-corrected chi connectivity index (χ2v) is 12.4. The number of hydrogen-bond donors (Lipinski definition) is 1. The molecule has 1 aliphatic rings. The smallest absolute Gasteiger partial charge is 0.264 e. The molecule has 0 aromatic heterocycles. The number of aryl methyl sites for hydroxylation is 1. The number of ether oxygens (including phenoxy) is 1. The number of nitrogens with one attached hydrogen (secondary N) is 1. The molecular formula is C32H39N3O5S. The van der Waals surface area contributed by atoms with Crippen molar-refractivity contribution < 1.29 is 22.7 Å². The van der Waals surface area contributed by atoms with Crippen molar-refractivity contribution in [2.45, 2.75) is 69.5 Å². The monoisotopic (exact) mass is 577 g/mol. The zero-order chi connectivity index (χ0) is 29.4. The fourth-order valence-corrected chi connectivity index (χ4v) is 6.56. The van der Waals surface area contributed by atoms with Gasteiger partial charge in [0.25, 0.3) is 10.0 Å². The van der Waals surface area contributed by atoms with Gasteiger partial charge >= 0.3 is 0 Å². The molecule has 0 bridgehead atoms. The van der Waals surface area contributed by atoms with E-state index in [1.165, 1.54) is 24.1 Å². The van der Waals surface area contributed by atoms with Gasteiger partial charge in [-0.05, 0) is 62.1 Å². The number of sulfonamides is 1. The van der Waals surface area contributed by atoms with E-state index in [1.807, 2.05) is 31.2 Å². The van der Waals surface area contributed by atoms with Gasteiger partial charge in [0.15, 0.2) is 0 Å². The SMILES string of the molecule is COc1cccc(N(CC(=O)N(Cc2ccccc2C)[C@H](C)C(=O)NC2CCCCC2)S(=O)(=O)c2ccccc2)c1. The lowest BCUT2D eigenvalue weighted by molar-refractivity contribution is -0.139. The number of hydrogen-bond acceptors (Lipinski definition) is 5. The summed E-state index contributed by atoms with van der Waals surface area (Å²) in [5, 5.41) is 3.13. The molecule has 0 heterocycles. The van der Waals surface area contributed by atoms with E-state index >= 15 is 0 Å². The van der Waals surface area contributed by atoms with Gasteiger partial charge in [-0.3, -0.25) is 13.9 Å². The van der Waals surface area contributed by atoms with Gasteiger partial charge in [-0.2, -0.15) is 0 Å². The number of anilines is 1. The third-order valence-electron chi connectivity index (χ3n) is 7.67. The number of nitrogens with zero attached hydrogens (tertiary/aromatic N) is 2. The third kappa shape index (κ3) is 7.47. The minimum atomic E-state index is -4.13. The number of carbonyl (C=O) groups excluding carboxylic acids is 2. The molecule has 41 heavy (non-hydrogen) atoms. The van der Waals surface area contributed by atoms with Crippen LogP contribution >= 0.6 is 0 Å². The third-order valence-corrected chi connectivity index (χ3v) is 9.46. The molecule has 0 aliphatic heterocycles. The molecule has 3 aromatic rings. The maximum absolute atomic E-state index is 14.1. The zero-order valence-corrected chi connectivity index (χ0v) is 24.8. The van der Waals surface area contributed by atoms with Gasteiger partial charge < -0.3 is 15.0 Å². The van der Waals surface area contributed by atoms with Crippen LogP contribution in [0.4, 0.5) is 5.69 Å². The van der Waals surface area contributed by atoms with Gasteiger partial charge in [-0.1, -0.05) is 67.8 Å². The number of carbonyl (C=O) groups is 2. The van der Waals surface area contributed by atoms with Crippen molar-refractivity contribution in [1.82, 2.24) is 10.2 Å². The van der Waals surface area contributed by atoms with Crippen LogP contribution in [0.2, 0.25) is 0 Å². The van der Waals surface area contributed by atoms with Crippen molar-refractivity contribution in [1.29, 1.82) is 0 Å². The minimum Gasteiger partial charge on any atom is -0.497 e. The van der Waals surface area contributed by atoms with Crippen LogP contribution in [0.25, 0.3) is 0 Å². The number of rotatable bonds is 11. The van der Waals surface area contributed by atoms with E-state index in [-0.39, 0.29) is 29.1 Å². The normalized spacial score (nSPS) is 14.6. The summed E-state index contributed by atoms with van der Waals surface area (Å²) in [7, 11) is -2.63. The van der Waals surface area contributed by atoms with Crippen molar-refractivity contribution >= 4 is 27.5 Å². The Morgan fingerprint density at radius 2 is 1.63 bits per heavy atom. The summed E-state index contributed by atoms with van der Waals surface area (Å²) in [4.78, 5) is 29.1. The first-order valence-corrected chi connectivity index (χ1v) is 15.5. The molecular weight excluding hydrogens is 538 g/mol. The molecule has 1 fully saturated rings. The molecule has 4 rings (SSSR count). The van der Waals surface area contributed by atoms with Crippen molar-refractivity contribution in [3.8, 4) is 5.75 Å². The lowest BCUT2D eigenvalue weighted by Gasteiger charge is -2.33. The molecule has 9 heteroatoms. The summed E-state index contributed by atoms with van der Waals surface area (Å²) in [5.41, 5.74) is 2.15. The fourth-order valence-electron chi connectivity index (χ4n) is 5.14. The Bertz CT molecular complexity index is 1440. The molecule has 3 aromatic carbocycles. The van der Waals surface area contributed by atoms with Crippen LogP contribution in [0.15, 0.2) is 83.8 Å². The van der Waals surface area contributed by atoms with E-state index in [0.717, 1.165) is 47.5 Å². The highest BCUT2D eigenvalue weighted by Gasteiger charge is 2.33. The van der Waals surface area contributed by atoms with Crippen LogP contribution in [-0.2, 0) is 26.2 Å². The summed E-state index contributed by atoms with van der Waals surface area (Å²) < 4.78 is 34.2. The maximum atomic E-state index is 14.1. The van der Waals surface area contributed by atoms with E-state index in [2.05, 4.69) is 5.32 Å². The van der Waals surface area contributed by atoms with Gasteiger partial charge in [-0.15, -0.1) is 0 Å². The van der Waals surface area contributed by atoms with Crippen molar-refractivity contribution in [2.75, 3.05) is 18.0 Å². The van der Waals surface area contributed by atoms with Gasteiger partial charge in [0.2, 0.25) is 11.8 Å². The van der Waals surface area contributed by atoms with E-state index in [4.69, 9.17) is 4.74 Å². The van der Waals surface area contributed by atoms with Crippen LogP contribution in [0.3, 0.4) is 0 Å². The molecule has 0 radical (unpaired) electrons. The maximum Gasteiger partial charge on any atom is 0.264 e. The van der Waals surface area contributed by atoms with E-state index in [9.17, 15) is 18.0 Å². The lowest BCUT2D eigenvalue weighted by atomic mass is 9.95. The van der Waals surface area contributed by atoms with Crippen molar-refractivity contribution in [3.63, 3.8) is 0 Å². The predicted molar refractivity (Wildman–Crippen MR) is 160 cm³/mol. The van der Waals surface area contributed by atoms with Crippen LogP contribution in [0.5, 0.6) is 5.75 Å². The van der Waals surface area contributed by atoms with E-state index in [1.54, 1.807) is 49.4 Å². The molecule has 0 unspecified atom stereocenters. The van der Waals surface area contributed by atoms with Crippen LogP contribution in [-0.4, -0.2) is 50.9 Å². The molecule has 218 valence electrons. The quantitative estimate of drug-likeness (QED) is 0.344. The highest BCUT2D eigenvalue weighted by atomic mass is 32.2. The standard InChI is InChI=1S/C32H39N3O5S/c1-24-13-10-11-14-26(24)22-34(25(2)32(37)33-27-15-6-4-7-16-27)31(36)23-35(28-17-12-18-29(21-28)40-3)41(38,39)30-19-8-5-9-20-30/h5,8-14,17-21,25,27H,4,6-7,15-16,22-23H2,1-3H3,(H,33,37)/t25-/m1/s1. The number of methoxy groups -OCH3 is 1. The Kier molecular flexibility index (Phi) is 10.0. The number of amides is 2. The first kappa shape index (κ1) is 30.1. The van der Waals surface area contributed by atoms with Gasteiger partial charge in [0.05, 0.1) is 17.7 Å². The van der Waals surface area contributed by atoms with Gasteiger partial charge in [0.1, 0.15) is 18.3 Å². The first-order chi connectivity index (χ1) is 19.7. The topological polar surface area (TPSA) is 96.0 Å². The number of benzene rings is 3. The molecule has 8 nitrogen and oxygen atoms in total. The molecule has 1 N–H and O–H groups in total. The summed E-state index contributed by atoms with van der Waals surface area (Å²) in [5.74, 6) is -0.264. The highest BCUT2D eigenvalue weighted by molar-refractivity contribution is 7.92. The summed E-state index contributed by atoms with van der Waals surface area (Å²) in [6, 6.07) is 21.6.